The van der Waals surface area contributed by atoms with E-state index in [0.29, 0.717) is 0 Å². The Hall–Kier alpha value is -5.36. The van der Waals surface area contributed by atoms with Crippen LogP contribution in [0.1, 0.15) is 0 Å². The van der Waals surface area contributed by atoms with Crippen LogP contribution in [0.15, 0.2) is 194 Å². The van der Waals surface area contributed by atoms with Gasteiger partial charge in [-0.3, -0.25) is 0 Å². The SMILES string of the molecule is O=P(c1ccc([PH](O)(c2cccc3ccccc23)c2cccc3ccccc23)cc1)(c1ccc2ccccc2c1)c1cccc2ccccc12. The van der Waals surface area contributed by atoms with Gasteiger partial charge in [-0.1, -0.05) is 0 Å². The predicted molar refractivity (Wildman–Crippen MR) is 218 cm³/mol. The van der Waals surface area contributed by atoms with E-state index in [1.54, 1.807) is 0 Å². The average molecular weight is 681 g/mol. The molecule has 0 fully saturated rings. The molecule has 0 saturated carbocycles. The normalized spacial score (nSPS) is 13.5. The summed E-state index contributed by atoms with van der Waals surface area (Å²) in [7, 11) is -7.00. The zero-order valence-corrected chi connectivity index (χ0v) is 29.2. The fourth-order valence-electron chi connectivity index (χ4n) is 7.73. The van der Waals surface area contributed by atoms with E-state index in [2.05, 4.69) is 91.0 Å². The number of hydrogen-bond donors (Lipinski definition) is 1. The van der Waals surface area contributed by atoms with Gasteiger partial charge < -0.3 is 0 Å². The Bertz CT molecular complexity index is 2670. The molecule has 9 aromatic carbocycles. The van der Waals surface area contributed by atoms with E-state index < -0.39 is 14.6 Å². The molecule has 0 aliphatic rings. The predicted octanol–water partition coefficient (Wildman–Crippen LogP) is 8.87. The standard InChI is InChI=1S/C46H34O2P2/c47-49(40-27-26-33-12-1-2-16-37(33)32-40,44-23-9-17-34-13-3-6-20-41(34)44)38-28-30-39(31-29-38)50(48,45-24-10-18-35-14-4-7-21-42(35)45)46-25-11-19-36-15-5-8-22-43(36)46/h1-32,48,50H. The first-order chi connectivity index (χ1) is 24.5. The van der Waals surface area contributed by atoms with Crippen LogP contribution in [0.25, 0.3) is 43.1 Å². The second kappa shape index (κ2) is 12.2. The Balaban J connectivity index is 1.30. The second-order valence-corrected chi connectivity index (χ2v) is 18.8. The van der Waals surface area contributed by atoms with Gasteiger partial charge in [0.25, 0.3) is 0 Å². The summed E-state index contributed by atoms with van der Waals surface area (Å²) in [6.45, 7) is 0. The van der Waals surface area contributed by atoms with Crippen LogP contribution in [0.5, 0.6) is 0 Å². The Morgan fingerprint density at radius 3 is 1.42 bits per heavy atom. The first kappa shape index (κ1) is 30.7. The first-order valence-corrected chi connectivity index (χ1v) is 20.6. The Morgan fingerprint density at radius 1 is 0.380 bits per heavy atom. The Kier molecular flexibility index (Phi) is 7.49. The second-order valence-electron chi connectivity index (χ2n) is 12.9. The topological polar surface area (TPSA) is 37.3 Å². The van der Waals surface area contributed by atoms with E-state index in [4.69, 9.17) is 0 Å². The van der Waals surface area contributed by atoms with Crippen molar-refractivity contribution in [1.82, 2.24) is 0 Å². The van der Waals surface area contributed by atoms with Gasteiger partial charge in [0.05, 0.1) is 0 Å². The van der Waals surface area contributed by atoms with Crippen LogP contribution in [-0.2, 0) is 4.57 Å². The van der Waals surface area contributed by atoms with Crippen molar-refractivity contribution in [3.63, 3.8) is 0 Å². The molecule has 240 valence electrons. The van der Waals surface area contributed by atoms with Crippen LogP contribution in [0.4, 0.5) is 0 Å². The van der Waals surface area contributed by atoms with Crippen molar-refractivity contribution < 1.29 is 9.46 Å². The number of fused-ring (bicyclic) bond motifs is 4. The summed E-state index contributed by atoms with van der Waals surface area (Å²) in [5.41, 5.74) is 0. The van der Waals surface area contributed by atoms with Crippen molar-refractivity contribution in [2.75, 3.05) is 0 Å². The van der Waals surface area contributed by atoms with Crippen molar-refractivity contribution in [3.8, 4) is 0 Å². The molecule has 0 aromatic heterocycles. The molecule has 0 saturated heterocycles. The molecule has 1 atom stereocenters. The molecule has 0 radical (unpaired) electrons. The molecule has 0 heterocycles. The number of benzene rings is 9. The van der Waals surface area contributed by atoms with Gasteiger partial charge in [-0.05, 0) is 0 Å². The summed E-state index contributed by atoms with van der Waals surface area (Å²) < 4.78 is 16.1. The number of rotatable bonds is 6. The van der Waals surface area contributed by atoms with Gasteiger partial charge in [0, 0.05) is 0 Å². The Morgan fingerprint density at radius 2 is 0.820 bits per heavy atom. The van der Waals surface area contributed by atoms with E-state index in [1.807, 2.05) is 103 Å². The zero-order chi connectivity index (χ0) is 33.7. The maximum atomic E-state index is 16.1. The van der Waals surface area contributed by atoms with Gasteiger partial charge in [-0.25, -0.2) is 0 Å². The van der Waals surface area contributed by atoms with E-state index in [1.165, 1.54) is 0 Å². The first-order valence-electron chi connectivity index (χ1n) is 16.9. The summed E-state index contributed by atoms with van der Waals surface area (Å²) in [6.07, 6.45) is 0. The average Bonchev–Trinajstić information content (AvgIpc) is 3.19. The van der Waals surface area contributed by atoms with Gasteiger partial charge >= 0.3 is 293 Å². The molecule has 1 N–H and O–H groups in total. The molecule has 0 bridgehead atoms. The van der Waals surface area contributed by atoms with Crippen LogP contribution < -0.4 is 31.8 Å². The van der Waals surface area contributed by atoms with E-state index in [9.17, 15) is 4.89 Å². The van der Waals surface area contributed by atoms with E-state index in [0.717, 1.165) is 74.9 Å². The molecule has 0 aliphatic heterocycles. The van der Waals surface area contributed by atoms with Gasteiger partial charge in [-0.15, -0.1) is 0 Å². The monoisotopic (exact) mass is 680 g/mol. The maximum absolute atomic E-state index is 16.1. The molecule has 1 unspecified atom stereocenters. The molecule has 50 heavy (non-hydrogen) atoms. The molecule has 0 amide bonds. The van der Waals surface area contributed by atoms with E-state index >= 15 is 4.57 Å². The summed E-state index contributed by atoms with van der Waals surface area (Å²) in [5.74, 6) is 0. The van der Waals surface area contributed by atoms with Crippen molar-refractivity contribution >= 4 is 89.5 Å². The fraction of sp³-hybridized carbons (Fsp3) is 0. The quantitative estimate of drug-likeness (QED) is 0.178. The molecule has 9 rings (SSSR count). The third-order valence-corrected chi connectivity index (χ3v) is 16.9. The fourth-order valence-corrected chi connectivity index (χ4v) is 14.1. The summed E-state index contributed by atoms with van der Waals surface area (Å²) in [5, 5.41) is 13.5. The molecule has 9 aromatic rings. The third-order valence-electron chi connectivity index (χ3n) is 10.2. The molecule has 0 spiro atoms. The molecule has 0 aliphatic carbocycles. The van der Waals surface area contributed by atoms with Gasteiger partial charge in [-0.2, -0.15) is 0 Å². The number of hydrogen-bond acceptors (Lipinski definition) is 2. The van der Waals surface area contributed by atoms with Crippen LogP contribution in [0.2, 0.25) is 0 Å². The van der Waals surface area contributed by atoms with E-state index in [-0.39, 0.29) is 0 Å². The van der Waals surface area contributed by atoms with Crippen molar-refractivity contribution in [2.45, 2.75) is 0 Å². The molecule has 4 heteroatoms. The Labute approximate surface area is 292 Å². The molecular formula is C46H34O2P2. The summed E-state index contributed by atoms with van der Waals surface area (Å²) in [4.78, 5) is 13.5. The van der Waals surface area contributed by atoms with Gasteiger partial charge in [0.15, 0.2) is 0 Å². The van der Waals surface area contributed by atoms with Crippen LogP contribution in [-0.4, -0.2) is 4.89 Å². The third kappa shape index (κ3) is 4.84. The summed E-state index contributed by atoms with van der Waals surface area (Å²) >= 11 is 0. The van der Waals surface area contributed by atoms with Crippen LogP contribution in [0.3, 0.4) is 0 Å². The summed E-state index contributed by atoms with van der Waals surface area (Å²) in [6, 6.07) is 65.8. The van der Waals surface area contributed by atoms with Gasteiger partial charge in [0.1, 0.15) is 0 Å². The minimum atomic E-state index is -3.62. The zero-order valence-electron chi connectivity index (χ0n) is 27.3. The van der Waals surface area contributed by atoms with Crippen molar-refractivity contribution in [3.05, 3.63) is 194 Å². The van der Waals surface area contributed by atoms with Gasteiger partial charge in [0.2, 0.25) is 0 Å². The van der Waals surface area contributed by atoms with Crippen molar-refractivity contribution in [1.29, 1.82) is 0 Å². The van der Waals surface area contributed by atoms with Crippen molar-refractivity contribution in [2.24, 2.45) is 0 Å². The molecular weight excluding hydrogens is 646 g/mol. The molecule has 2 nitrogen and oxygen atoms in total. The minimum absolute atomic E-state index is 0.736. The van der Waals surface area contributed by atoms with Crippen LogP contribution >= 0.6 is 14.6 Å². The van der Waals surface area contributed by atoms with Crippen LogP contribution in [0, 0.1) is 0 Å².